The molecular weight excluding hydrogens is 338 g/mol. The Morgan fingerprint density at radius 1 is 1.48 bits per heavy atom. The summed E-state index contributed by atoms with van der Waals surface area (Å²) in [5, 5.41) is 7.13. The highest BCUT2D eigenvalue weighted by Crippen LogP contribution is 2.23. The zero-order valence-electron chi connectivity index (χ0n) is 12.6. The van der Waals surface area contributed by atoms with Gasteiger partial charge in [-0.3, -0.25) is 9.48 Å². The number of nitrogens with one attached hydrogen (secondary N) is 1. The van der Waals surface area contributed by atoms with Crippen LogP contribution >= 0.6 is 15.9 Å². The number of nitrogens with zero attached hydrogens (tertiary/aromatic N) is 2. The van der Waals surface area contributed by atoms with Crippen molar-refractivity contribution in [3.63, 3.8) is 0 Å². The van der Waals surface area contributed by atoms with Crippen molar-refractivity contribution in [2.45, 2.75) is 33.2 Å². The molecule has 116 valence electrons. The van der Waals surface area contributed by atoms with Crippen LogP contribution in [0.1, 0.15) is 30.8 Å². The van der Waals surface area contributed by atoms with E-state index in [1.54, 1.807) is 6.08 Å². The van der Waals surface area contributed by atoms with Gasteiger partial charge in [0.1, 0.15) is 0 Å². The molecule has 0 spiro atoms. The van der Waals surface area contributed by atoms with E-state index in [-0.39, 0.29) is 11.9 Å². The molecular formula is C14H20BrN3O3. The van der Waals surface area contributed by atoms with Gasteiger partial charge in [0, 0.05) is 19.0 Å². The Morgan fingerprint density at radius 2 is 2.14 bits per heavy atom. The van der Waals surface area contributed by atoms with E-state index >= 15 is 0 Å². The molecule has 0 aliphatic carbocycles. The van der Waals surface area contributed by atoms with Crippen molar-refractivity contribution in [1.29, 1.82) is 0 Å². The van der Waals surface area contributed by atoms with Crippen LogP contribution in [-0.4, -0.2) is 35.3 Å². The van der Waals surface area contributed by atoms with E-state index < -0.39 is 5.97 Å². The van der Waals surface area contributed by atoms with Crippen molar-refractivity contribution in [2.24, 2.45) is 0 Å². The molecule has 0 saturated carbocycles. The van der Waals surface area contributed by atoms with Crippen LogP contribution in [0.15, 0.2) is 16.6 Å². The summed E-state index contributed by atoms with van der Waals surface area (Å²) in [6.45, 7) is 6.10. The number of ether oxygens (including phenoxy) is 1. The van der Waals surface area contributed by atoms with Gasteiger partial charge in [-0.05, 0) is 36.7 Å². The first kappa shape index (κ1) is 17.4. The van der Waals surface area contributed by atoms with Crippen molar-refractivity contribution in [3.05, 3.63) is 28.0 Å². The topological polar surface area (TPSA) is 73.2 Å². The Kier molecular flexibility index (Phi) is 6.61. The summed E-state index contributed by atoms with van der Waals surface area (Å²) in [6, 6.07) is -0.0420. The maximum Gasteiger partial charge on any atom is 0.330 e. The number of esters is 1. The van der Waals surface area contributed by atoms with Gasteiger partial charge in [-0.25, -0.2) is 4.79 Å². The minimum Gasteiger partial charge on any atom is -0.466 e. The smallest absolute Gasteiger partial charge is 0.330 e. The van der Waals surface area contributed by atoms with Gasteiger partial charge in [0.25, 0.3) is 0 Å². The summed E-state index contributed by atoms with van der Waals surface area (Å²) in [5.41, 5.74) is 1.90. The fourth-order valence-corrected chi connectivity index (χ4v) is 2.16. The molecule has 1 atom stereocenters. The van der Waals surface area contributed by atoms with Gasteiger partial charge in [-0.2, -0.15) is 5.10 Å². The maximum atomic E-state index is 11.8. The van der Waals surface area contributed by atoms with Crippen LogP contribution in [-0.2, 0) is 14.3 Å². The summed E-state index contributed by atoms with van der Waals surface area (Å²) in [4.78, 5) is 22.7. The Balaban J connectivity index is 2.49. The van der Waals surface area contributed by atoms with Crippen molar-refractivity contribution >= 4 is 27.8 Å². The number of carbonyl (C=O) groups excluding carboxylic acids is 2. The highest BCUT2D eigenvalue weighted by atomic mass is 79.9. The number of hydrogen-bond donors (Lipinski definition) is 1. The van der Waals surface area contributed by atoms with E-state index in [1.807, 2.05) is 25.5 Å². The molecule has 0 radical (unpaired) electrons. The Labute approximate surface area is 132 Å². The second-order valence-corrected chi connectivity index (χ2v) is 5.51. The highest BCUT2D eigenvalue weighted by molar-refractivity contribution is 9.10. The zero-order chi connectivity index (χ0) is 16.0. The molecule has 0 aromatic carbocycles. The number of hydrogen-bond acceptors (Lipinski definition) is 4. The molecule has 7 heteroatoms. The van der Waals surface area contributed by atoms with E-state index in [0.29, 0.717) is 13.0 Å². The number of aromatic nitrogens is 2. The van der Waals surface area contributed by atoms with Gasteiger partial charge < -0.3 is 10.1 Å². The number of halogens is 1. The average Bonchev–Trinajstić information content (AvgIpc) is 2.71. The number of methoxy groups -OCH3 is 1. The zero-order valence-corrected chi connectivity index (χ0v) is 14.2. The lowest BCUT2D eigenvalue weighted by Crippen LogP contribution is -2.26. The Morgan fingerprint density at radius 3 is 2.67 bits per heavy atom. The van der Waals surface area contributed by atoms with Gasteiger partial charge >= 0.3 is 5.97 Å². The minimum atomic E-state index is -0.440. The van der Waals surface area contributed by atoms with Crippen LogP contribution < -0.4 is 5.32 Å². The lowest BCUT2D eigenvalue weighted by Gasteiger charge is -2.13. The first-order valence-electron chi connectivity index (χ1n) is 6.59. The van der Waals surface area contributed by atoms with Crippen LogP contribution in [0.3, 0.4) is 0 Å². The van der Waals surface area contributed by atoms with Crippen LogP contribution in [0.5, 0.6) is 0 Å². The van der Waals surface area contributed by atoms with Crippen LogP contribution in [0.25, 0.3) is 0 Å². The number of carbonyl (C=O) groups is 2. The fourth-order valence-electron chi connectivity index (χ4n) is 1.89. The monoisotopic (exact) mass is 357 g/mol. The van der Waals surface area contributed by atoms with Gasteiger partial charge in [0.15, 0.2) is 0 Å². The molecule has 1 unspecified atom stereocenters. The molecule has 0 bridgehead atoms. The summed E-state index contributed by atoms with van der Waals surface area (Å²) in [6.07, 6.45) is 3.15. The molecule has 0 aliphatic rings. The second kappa shape index (κ2) is 7.97. The van der Waals surface area contributed by atoms with E-state index in [4.69, 9.17) is 0 Å². The lowest BCUT2D eigenvalue weighted by molar-refractivity contribution is -0.134. The second-order valence-electron chi connectivity index (χ2n) is 4.71. The molecule has 1 N–H and O–H groups in total. The number of aryl methyl sites for hydroxylation is 1. The third kappa shape index (κ3) is 5.00. The summed E-state index contributed by atoms with van der Waals surface area (Å²) >= 11 is 3.47. The molecule has 6 nitrogen and oxygen atoms in total. The van der Waals surface area contributed by atoms with Gasteiger partial charge in [-0.1, -0.05) is 6.08 Å². The third-order valence-corrected chi connectivity index (χ3v) is 4.15. The SMILES string of the molecule is COC(=O)/C=C/CNC(=O)CC(C)n1nc(C)c(Br)c1C. The quantitative estimate of drug-likeness (QED) is 0.624. The van der Waals surface area contributed by atoms with Crippen LogP contribution in [0, 0.1) is 13.8 Å². The van der Waals surface area contributed by atoms with Gasteiger partial charge in [-0.15, -0.1) is 0 Å². The molecule has 21 heavy (non-hydrogen) atoms. The highest BCUT2D eigenvalue weighted by Gasteiger charge is 2.16. The molecule has 0 fully saturated rings. The Bertz CT molecular complexity index is 552. The summed E-state index contributed by atoms with van der Waals surface area (Å²) in [5.74, 6) is -0.536. The van der Waals surface area contributed by atoms with Crippen molar-refractivity contribution in [1.82, 2.24) is 15.1 Å². The molecule has 1 rings (SSSR count). The summed E-state index contributed by atoms with van der Waals surface area (Å²) < 4.78 is 7.26. The predicted octanol–water partition coefficient (Wildman–Crippen LogP) is 2.06. The largest absolute Gasteiger partial charge is 0.466 e. The van der Waals surface area contributed by atoms with Crippen molar-refractivity contribution in [3.8, 4) is 0 Å². The van der Waals surface area contributed by atoms with E-state index in [1.165, 1.54) is 13.2 Å². The van der Waals surface area contributed by atoms with E-state index in [9.17, 15) is 9.59 Å². The standard InChI is InChI=1S/C14H20BrN3O3/c1-9(18-11(3)14(15)10(2)17-18)8-12(19)16-7-5-6-13(20)21-4/h5-6,9H,7-8H2,1-4H3,(H,16,19)/b6-5+. The van der Waals surface area contributed by atoms with Crippen LogP contribution in [0.2, 0.25) is 0 Å². The number of amides is 1. The predicted molar refractivity (Wildman–Crippen MR) is 82.9 cm³/mol. The van der Waals surface area contributed by atoms with E-state index in [0.717, 1.165) is 15.9 Å². The van der Waals surface area contributed by atoms with Crippen LogP contribution in [0.4, 0.5) is 0 Å². The lowest BCUT2D eigenvalue weighted by atomic mass is 10.2. The fraction of sp³-hybridized carbons (Fsp3) is 0.500. The first-order chi connectivity index (χ1) is 9.86. The molecule has 0 saturated heterocycles. The van der Waals surface area contributed by atoms with Crippen molar-refractivity contribution in [2.75, 3.05) is 13.7 Å². The molecule has 1 aromatic heterocycles. The summed E-state index contributed by atoms with van der Waals surface area (Å²) in [7, 11) is 1.31. The molecule has 1 heterocycles. The van der Waals surface area contributed by atoms with E-state index in [2.05, 4.69) is 31.1 Å². The third-order valence-electron chi connectivity index (χ3n) is 3.01. The van der Waals surface area contributed by atoms with Crippen molar-refractivity contribution < 1.29 is 14.3 Å². The molecule has 1 amide bonds. The molecule has 1 aromatic rings. The maximum absolute atomic E-state index is 11.8. The minimum absolute atomic E-state index is 0.0420. The van der Waals surface area contributed by atoms with Gasteiger partial charge in [0.05, 0.1) is 29.0 Å². The average molecular weight is 358 g/mol. The first-order valence-corrected chi connectivity index (χ1v) is 7.38. The number of rotatable bonds is 6. The van der Waals surface area contributed by atoms with Gasteiger partial charge in [0.2, 0.25) is 5.91 Å². The Hall–Kier alpha value is -1.63. The molecule has 0 aliphatic heterocycles. The normalized spacial score (nSPS) is 12.4.